The van der Waals surface area contributed by atoms with Crippen LogP contribution in [-0.2, 0) is 4.74 Å². The van der Waals surface area contributed by atoms with E-state index in [1.807, 2.05) is 30.3 Å². The van der Waals surface area contributed by atoms with Gasteiger partial charge in [0.15, 0.2) is 5.82 Å². The molecule has 0 unspecified atom stereocenters. The summed E-state index contributed by atoms with van der Waals surface area (Å²) >= 11 is 0. The minimum Gasteiger partial charge on any atom is -0.375 e. The van der Waals surface area contributed by atoms with Crippen LogP contribution < -0.4 is 4.90 Å². The van der Waals surface area contributed by atoms with Gasteiger partial charge in [0.2, 0.25) is 0 Å². The molecule has 5 nitrogen and oxygen atoms in total. The van der Waals surface area contributed by atoms with E-state index in [9.17, 15) is 8.78 Å². The number of aromatic nitrogens is 3. The van der Waals surface area contributed by atoms with Gasteiger partial charge in [-0.3, -0.25) is 4.98 Å². The Labute approximate surface area is 184 Å². The van der Waals surface area contributed by atoms with E-state index >= 15 is 0 Å². The molecule has 0 saturated carbocycles. The molecule has 32 heavy (non-hydrogen) atoms. The Morgan fingerprint density at radius 2 is 1.91 bits per heavy atom. The fourth-order valence-electron chi connectivity index (χ4n) is 3.87. The zero-order valence-electron chi connectivity index (χ0n) is 17.6. The minimum atomic E-state index is -0.607. The second kappa shape index (κ2) is 8.59. The lowest BCUT2D eigenvalue weighted by molar-refractivity contribution is 0.0345. The average molecular weight is 432 g/mol. The first-order valence-corrected chi connectivity index (χ1v) is 10.7. The minimum absolute atomic E-state index is 0.189. The molecule has 2 aromatic carbocycles. The van der Waals surface area contributed by atoms with Crippen molar-refractivity contribution in [2.24, 2.45) is 0 Å². The summed E-state index contributed by atoms with van der Waals surface area (Å²) in [7, 11) is 0. The van der Waals surface area contributed by atoms with E-state index in [-0.39, 0.29) is 6.10 Å². The van der Waals surface area contributed by atoms with Crippen LogP contribution in [0.2, 0.25) is 0 Å². The van der Waals surface area contributed by atoms with E-state index in [0.717, 1.165) is 49.0 Å². The van der Waals surface area contributed by atoms with Gasteiger partial charge in [-0.1, -0.05) is 13.0 Å². The first kappa shape index (κ1) is 20.5. The van der Waals surface area contributed by atoms with Gasteiger partial charge in [-0.25, -0.2) is 18.7 Å². The van der Waals surface area contributed by atoms with E-state index in [2.05, 4.69) is 16.8 Å². The van der Waals surface area contributed by atoms with Crippen molar-refractivity contribution >= 4 is 16.7 Å². The van der Waals surface area contributed by atoms with Gasteiger partial charge >= 0.3 is 0 Å². The summed E-state index contributed by atoms with van der Waals surface area (Å²) in [4.78, 5) is 15.9. The van der Waals surface area contributed by atoms with Gasteiger partial charge in [-0.2, -0.15) is 0 Å². The van der Waals surface area contributed by atoms with Crippen LogP contribution in [0.5, 0.6) is 0 Å². The van der Waals surface area contributed by atoms with Gasteiger partial charge in [0, 0.05) is 54.7 Å². The molecular formula is C25H22F2N4O. The van der Waals surface area contributed by atoms with Gasteiger partial charge < -0.3 is 9.64 Å². The molecule has 4 aromatic rings. The number of nitrogens with zero attached hydrogens (tertiary/aromatic N) is 4. The van der Waals surface area contributed by atoms with Crippen LogP contribution in [0, 0.1) is 11.6 Å². The van der Waals surface area contributed by atoms with Crippen LogP contribution in [0.1, 0.15) is 13.3 Å². The molecule has 1 aliphatic heterocycles. The maximum absolute atomic E-state index is 14.4. The topological polar surface area (TPSA) is 51.1 Å². The summed E-state index contributed by atoms with van der Waals surface area (Å²) in [5.74, 6) is 0.157. The molecule has 1 aliphatic rings. The molecular weight excluding hydrogens is 410 g/mol. The molecule has 0 spiro atoms. The number of fused-ring (bicyclic) bond motifs is 1. The Kier molecular flexibility index (Phi) is 5.49. The number of ether oxygens (including phenoxy) is 1. The summed E-state index contributed by atoms with van der Waals surface area (Å²) in [6.07, 6.45) is 4.60. The van der Waals surface area contributed by atoms with Gasteiger partial charge in [-0.05, 0) is 48.4 Å². The normalized spacial score (nSPS) is 14.0. The standard InChI is InChI=1S/C25H22F2N4O/c1-2-10-32-19-14-31(15-19)25-21-7-5-16(20-8-6-18(26)12-22(20)27)11-23(21)29-24(30-25)17-4-3-9-28-13-17/h3-9,11-13,19H,2,10,14-15H2,1H3. The predicted molar refractivity (Wildman–Crippen MR) is 120 cm³/mol. The lowest BCUT2D eigenvalue weighted by atomic mass is 10.0. The van der Waals surface area contributed by atoms with Crippen molar-refractivity contribution in [3.05, 3.63) is 72.6 Å². The van der Waals surface area contributed by atoms with E-state index < -0.39 is 11.6 Å². The van der Waals surface area contributed by atoms with E-state index in [4.69, 9.17) is 14.7 Å². The summed E-state index contributed by atoms with van der Waals surface area (Å²) in [5.41, 5.74) is 2.44. The Hall–Kier alpha value is -3.45. The number of halogens is 2. The second-order valence-corrected chi connectivity index (χ2v) is 7.87. The Bertz CT molecular complexity index is 1260. The van der Waals surface area contributed by atoms with Crippen molar-refractivity contribution in [2.75, 3.05) is 24.6 Å². The second-order valence-electron chi connectivity index (χ2n) is 7.87. The molecule has 0 amide bonds. The molecule has 0 aliphatic carbocycles. The molecule has 7 heteroatoms. The monoisotopic (exact) mass is 432 g/mol. The number of hydrogen-bond donors (Lipinski definition) is 0. The third-order valence-corrected chi connectivity index (χ3v) is 5.54. The number of rotatable bonds is 6. The molecule has 0 N–H and O–H groups in total. The van der Waals surface area contributed by atoms with E-state index in [1.54, 1.807) is 12.4 Å². The maximum atomic E-state index is 14.4. The van der Waals surface area contributed by atoms with Gasteiger partial charge in [0.25, 0.3) is 0 Å². The smallest absolute Gasteiger partial charge is 0.163 e. The van der Waals surface area contributed by atoms with Crippen LogP contribution in [-0.4, -0.2) is 40.8 Å². The van der Waals surface area contributed by atoms with Crippen molar-refractivity contribution in [3.63, 3.8) is 0 Å². The summed E-state index contributed by atoms with van der Waals surface area (Å²) in [6, 6.07) is 12.9. The Balaban J connectivity index is 1.59. The molecule has 0 bridgehead atoms. The summed E-state index contributed by atoms with van der Waals surface area (Å²) in [6.45, 7) is 4.35. The van der Waals surface area contributed by atoms with Crippen LogP contribution in [0.15, 0.2) is 60.9 Å². The summed E-state index contributed by atoms with van der Waals surface area (Å²) < 4.78 is 33.6. The summed E-state index contributed by atoms with van der Waals surface area (Å²) in [5, 5.41) is 0.873. The van der Waals surface area contributed by atoms with Crippen molar-refractivity contribution in [2.45, 2.75) is 19.4 Å². The molecule has 5 rings (SSSR count). The fourth-order valence-corrected chi connectivity index (χ4v) is 3.87. The van der Waals surface area contributed by atoms with Crippen LogP contribution in [0.3, 0.4) is 0 Å². The van der Waals surface area contributed by atoms with Crippen molar-refractivity contribution in [1.82, 2.24) is 15.0 Å². The third-order valence-electron chi connectivity index (χ3n) is 5.54. The third kappa shape index (κ3) is 3.91. The number of anilines is 1. The van der Waals surface area contributed by atoms with Crippen LogP contribution in [0.4, 0.5) is 14.6 Å². The maximum Gasteiger partial charge on any atom is 0.163 e. The SMILES string of the molecule is CCCOC1CN(c2nc(-c3cccnc3)nc3cc(-c4ccc(F)cc4F)ccc23)C1. The van der Waals surface area contributed by atoms with Crippen molar-refractivity contribution in [3.8, 4) is 22.5 Å². The molecule has 3 heterocycles. The number of pyridine rings is 1. The Morgan fingerprint density at radius 3 is 2.66 bits per heavy atom. The van der Waals surface area contributed by atoms with E-state index in [0.29, 0.717) is 22.5 Å². The highest BCUT2D eigenvalue weighted by atomic mass is 19.1. The first-order valence-electron chi connectivity index (χ1n) is 10.7. The molecule has 2 aromatic heterocycles. The predicted octanol–water partition coefficient (Wildman–Crippen LogP) is 5.25. The van der Waals surface area contributed by atoms with Crippen molar-refractivity contribution in [1.29, 1.82) is 0 Å². The Morgan fingerprint density at radius 1 is 1.03 bits per heavy atom. The first-order chi connectivity index (χ1) is 15.6. The highest BCUT2D eigenvalue weighted by Gasteiger charge is 2.30. The zero-order chi connectivity index (χ0) is 22.1. The van der Waals surface area contributed by atoms with E-state index in [1.165, 1.54) is 12.1 Å². The average Bonchev–Trinajstić information content (AvgIpc) is 2.78. The quantitative estimate of drug-likeness (QED) is 0.416. The highest BCUT2D eigenvalue weighted by molar-refractivity contribution is 5.94. The lowest BCUT2D eigenvalue weighted by Crippen LogP contribution is -2.52. The van der Waals surface area contributed by atoms with Gasteiger partial charge in [0.1, 0.15) is 17.5 Å². The molecule has 162 valence electrons. The molecule has 0 radical (unpaired) electrons. The molecule has 1 saturated heterocycles. The zero-order valence-corrected chi connectivity index (χ0v) is 17.6. The van der Waals surface area contributed by atoms with Crippen LogP contribution >= 0.6 is 0 Å². The fraction of sp³-hybridized carbons (Fsp3) is 0.240. The highest BCUT2D eigenvalue weighted by Crippen LogP contribution is 2.34. The largest absolute Gasteiger partial charge is 0.375 e. The molecule has 1 fully saturated rings. The number of benzene rings is 2. The lowest BCUT2D eigenvalue weighted by Gasteiger charge is -2.40. The van der Waals surface area contributed by atoms with Crippen LogP contribution in [0.25, 0.3) is 33.4 Å². The number of hydrogen-bond acceptors (Lipinski definition) is 5. The van der Waals surface area contributed by atoms with Gasteiger partial charge in [-0.15, -0.1) is 0 Å². The van der Waals surface area contributed by atoms with Gasteiger partial charge in [0.05, 0.1) is 11.6 Å². The molecule has 0 atom stereocenters. The van der Waals surface area contributed by atoms with Crippen molar-refractivity contribution < 1.29 is 13.5 Å².